The lowest BCUT2D eigenvalue weighted by molar-refractivity contribution is -0.135. The molecule has 188 valence electrons. The van der Waals surface area contributed by atoms with E-state index >= 15 is 0 Å². The van der Waals surface area contributed by atoms with Crippen molar-refractivity contribution in [1.82, 2.24) is 0 Å². The topological polar surface area (TPSA) is 17.1 Å². The molecular formula is C29H45F3O. The molecule has 0 aromatic rings. The molecule has 0 heterocycles. The van der Waals surface area contributed by atoms with Crippen LogP contribution in [0.15, 0.2) is 11.1 Å². The van der Waals surface area contributed by atoms with Crippen LogP contribution in [0.3, 0.4) is 0 Å². The number of alkyl halides is 3. The molecule has 4 rings (SSSR count). The molecule has 0 amide bonds. The molecular weight excluding hydrogens is 421 g/mol. The van der Waals surface area contributed by atoms with Gasteiger partial charge in [-0.25, -0.2) is 0 Å². The Morgan fingerprint density at radius 2 is 1.61 bits per heavy atom. The molecule has 0 bridgehead atoms. The lowest BCUT2D eigenvalue weighted by atomic mass is 9.46. The number of hydrogen-bond donors (Lipinski definition) is 0. The molecule has 1 nitrogen and oxygen atoms in total. The Hall–Kier alpha value is -0.800. The van der Waals surface area contributed by atoms with Crippen LogP contribution in [0.2, 0.25) is 0 Å². The summed E-state index contributed by atoms with van der Waals surface area (Å²) in [6.45, 7) is 11.7. The third kappa shape index (κ3) is 4.35. The maximum absolute atomic E-state index is 13.9. The van der Waals surface area contributed by atoms with Crippen LogP contribution in [0.5, 0.6) is 0 Å². The van der Waals surface area contributed by atoms with Gasteiger partial charge in [-0.05, 0) is 96.9 Å². The van der Waals surface area contributed by atoms with E-state index in [-0.39, 0.29) is 6.42 Å². The number of hydrogen-bond acceptors (Lipinski definition) is 1. The third-order valence-electron chi connectivity index (χ3n) is 10.9. The minimum atomic E-state index is -4.51. The molecule has 0 aromatic carbocycles. The van der Waals surface area contributed by atoms with Crippen molar-refractivity contribution in [3.8, 4) is 0 Å². The number of carbonyl (C=O) groups is 1. The van der Waals surface area contributed by atoms with Gasteiger partial charge in [0.1, 0.15) is 0 Å². The van der Waals surface area contributed by atoms with Crippen molar-refractivity contribution in [3.05, 3.63) is 11.1 Å². The van der Waals surface area contributed by atoms with Crippen LogP contribution in [0, 0.1) is 46.3 Å². The normalized spacial score (nSPS) is 40.0. The van der Waals surface area contributed by atoms with E-state index in [0.717, 1.165) is 37.0 Å². The molecule has 0 aliphatic heterocycles. The summed E-state index contributed by atoms with van der Waals surface area (Å²) < 4.78 is 41.6. The Balaban J connectivity index is 1.52. The molecule has 4 aliphatic rings. The SMILES string of the molecule is CC(C)CCCC[C@@H](C)[C@H]1CC[C@H]2[C@@H]3CCC4=C(C(F)(F)F)C(=O)CC[C@]4(C)[C@H]3CC[C@]12C. The summed E-state index contributed by atoms with van der Waals surface area (Å²) in [5.74, 6) is 3.09. The second kappa shape index (κ2) is 9.01. The maximum atomic E-state index is 13.9. The second-order valence-electron chi connectivity index (χ2n) is 13.0. The standard InChI is InChI=1S/C29H45F3O/c1-18(2)8-6-7-9-19(3)21-12-13-22-20-10-11-24-26(29(30,31)32)25(33)15-17-28(24,5)23(20)14-16-27(21,22)4/h18-23H,6-17H2,1-5H3/t19-,20+,21-,22+,23+,27-,28-/m1/s1. The van der Waals surface area contributed by atoms with Crippen LogP contribution in [0.1, 0.15) is 112 Å². The minimum absolute atomic E-state index is 0.0655. The third-order valence-corrected chi connectivity index (χ3v) is 10.9. The summed E-state index contributed by atoms with van der Waals surface area (Å²) in [6, 6.07) is 0. The number of allylic oxidation sites excluding steroid dienone is 1. The van der Waals surface area contributed by atoms with Crippen LogP contribution >= 0.6 is 0 Å². The summed E-state index contributed by atoms with van der Waals surface area (Å²) in [5.41, 5.74) is -0.413. The van der Waals surface area contributed by atoms with Crippen molar-refractivity contribution >= 4 is 5.78 Å². The van der Waals surface area contributed by atoms with Crippen molar-refractivity contribution in [2.45, 2.75) is 118 Å². The fourth-order valence-corrected chi connectivity index (χ4v) is 9.24. The van der Waals surface area contributed by atoms with Gasteiger partial charge < -0.3 is 0 Å². The number of ketones is 1. The summed E-state index contributed by atoms with van der Waals surface area (Å²) in [5, 5.41) is 0. The molecule has 0 radical (unpaired) electrons. The van der Waals surface area contributed by atoms with Gasteiger partial charge in [0.2, 0.25) is 0 Å². The highest BCUT2D eigenvalue weighted by Crippen LogP contribution is 2.68. The first-order valence-electron chi connectivity index (χ1n) is 13.7. The number of fused-ring (bicyclic) bond motifs is 5. The zero-order chi connectivity index (χ0) is 24.2. The van der Waals surface area contributed by atoms with E-state index < -0.39 is 22.9 Å². The number of carbonyl (C=O) groups excluding carboxylic acids is 1. The van der Waals surface area contributed by atoms with Gasteiger partial charge in [0.05, 0.1) is 5.57 Å². The van der Waals surface area contributed by atoms with Gasteiger partial charge in [0.25, 0.3) is 0 Å². The van der Waals surface area contributed by atoms with Crippen LogP contribution in [-0.2, 0) is 4.79 Å². The van der Waals surface area contributed by atoms with Crippen LogP contribution < -0.4 is 0 Å². The smallest absolute Gasteiger partial charge is 0.294 e. The van der Waals surface area contributed by atoms with E-state index in [4.69, 9.17) is 0 Å². The lowest BCUT2D eigenvalue weighted by Gasteiger charge is -2.59. The van der Waals surface area contributed by atoms with E-state index in [1.165, 1.54) is 38.5 Å². The van der Waals surface area contributed by atoms with Gasteiger partial charge in [0, 0.05) is 6.42 Å². The van der Waals surface area contributed by atoms with Crippen LogP contribution in [0.4, 0.5) is 13.2 Å². The Bertz CT molecular complexity index is 780. The molecule has 4 aliphatic carbocycles. The highest BCUT2D eigenvalue weighted by Gasteiger charge is 2.61. The zero-order valence-corrected chi connectivity index (χ0v) is 21.5. The van der Waals surface area contributed by atoms with Gasteiger partial charge in [-0.3, -0.25) is 4.79 Å². The maximum Gasteiger partial charge on any atom is 0.419 e. The molecule has 0 unspecified atom stereocenters. The van der Waals surface area contributed by atoms with Gasteiger partial charge in [0.15, 0.2) is 5.78 Å². The van der Waals surface area contributed by atoms with Crippen molar-refractivity contribution in [2.24, 2.45) is 46.3 Å². The fourth-order valence-electron chi connectivity index (χ4n) is 9.24. The van der Waals surface area contributed by atoms with Crippen LogP contribution in [0.25, 0.3) is 0 Å². The first-order valence-corrected chi connectivity index (χ1v) is 13.7. The Kier molecular flexibility index (Phi) is 6.91. The zero-order valence-electron chi connectivity index (χ0n) is 21.5. The Morgan fingerprint density at radius 1 is 0.909 bits per heavy atom. The number of unbranched alkanes of at least 4 members (excludes halogenated alkanes) is 1. The lowest BCUT2D eigenvalue weighted by Crippen LogP contribution is -2.52. The highest BCUT2D eigenvalue weighted by molar-refractivity contribution is 5.98. The number of halogens is 3. The average molecular weight is 467 g/mol. The van der Waals surface area contributed by atoms with Gasteiger partial charge in [-0.2, -0.15) is 13.2 Å². The molecule has 3 saturated carbocycles. The first-order chi connectivity index (χ1) is 15.4. The predicted molar refractivity (Wildman–Crippen MR) is 128 cm³/mol. The van der Waals surface area contributed by atoms with E-state index in [9.17, 15) is 18.0 Å². The Labute approximate surface area is 199 Å². The van der Waals surface area contributed by atoms with E-state index in [1.807, 2.05) is 0 Å². The monoisotopic (exact) mass is 466 g/mol. The fraction of sp³-hybridized carbons (Fsp3) is 0.897. The Morgan fingerprint density at radius 3 is 2.27 bits per heavy atom. The predicted octanol–water partition coefficient (Wildman–Crippen LogP) is 8.92. The summed E-state index contributed by atoms with van der Waals surface area (Å²) >= 11 is 0. The quantitative estimate of drug-likeness (QED) is 0.357. The second-order valence-corrected chi connectivity index (χ2v) is 13.0. The average Bonchev–Trinajstić information content (AvgIpc) is 3.07. The molecule has 0 N–H and O–H groups in total. The van der Waals surface area contributed by atoms with Gasteiger partial charge >= 0.3 is 6.18 Å². The van der Waals surface area contributed by atoms with Crippen molar-refractivity contribution in [1.29, 1.82) is 0 Å². The number of rotatable bonds is 6. The molecule has 0 aromatic heterocycles. The largest absolute Gasteiger partial charge is 0.419 e. The van der Waals surface area contributed by atoms with Crippen LogP contribution in [-0.4, -0.2) is 12.0 Å². The van der Waals surface area contributed by atoms with Crippen molar-refractivity contribution in [3.63, 3.8) is 0 Å². The summed E-state index contributed by atoms with van der Waals surface area (Å²) in [6.07, 6.45) is 7.50. The molecule has 33 heavy (non-hydrogen) atoms. The van der Waals surface area contributed by atoms with Gasteiger partial charge in [-0.1, -0.05) is 60.3 Å². The molecule has 0 saturated heterocycles. The molecule has 7 atom stereocenters. The number of Topliss-reactive ketones (excluding diaryl/α,β-unsaturated/α-hetero) is 1. The van der Waals surface area contributed by atoms with E-state index in [2.05, 4.69) is 34.6 Å². The van der Waals surface area contributed by atoms with E-state index in [1.54, 1.807) is 0 Å². The van der Waals surface area contributed by atoms with Crippen molar-refractivity contribution in [2.75, 3.05) is 0 Å². The summed E-state index contributed by atoms with van der Waals surface area (Å²) in [4.78, 5) is 12.3. The minimum Gasteiger partial charge on any atom is -0.294 e. The van der Waals surface area contributed by atoms with Gasteiger partial charge in [-0.15, -0.1) is 0 Å². The molecule has 3 fully saturated rings. The summed E-state index contributed by atoms with van der Waals surface area (Å²) in [7, 11) is 0. The molecule has 4 heteroatoms. The molecule has 0 spiro atoms. The highest BCUT2D eigenvalue weighted by atomic mass is 19.4. The van der Waals surface area contributed by atoms with E-state index in [0.29, 0.717) is 41.6 Å². The first kappa shape index (κ1) is 25.3. The van der Waals surface area contributed by atoms with Crippen molar-refractivity contribution < 1.29 is 18.0 Å².